The van der Waals surface area contributed by atoms with E-state index in [0.29, 0.717) is 12.7 Å². The molecule has 0 aromatic heterocycles. The van der Waals surface area contributed by atoms with Gasteiger partial charge >= 0.3 is 0 Å². The average Bonchev–Trinajstić information content (AvgIpc) is 2.62. The molecule has 1 fully saturated rings. The molecule has 128 valence electrons. The normalized spacial score (nSPS) is 24.0. The van der Waals surface area contributed by atoms with Crippen LogP contribution >= 0.6 is 11.8 Å². The highest BCUT2D eigenvalue weighted by Crippen LogP contribution is 2.34. The summed E-state index contributed by atoms with van der Waals surface area (Å²) in [6.45, 7) is 4.99. The average molecular weight is 343 g/mol. The van der Waals surface area contributed by atoms with Crippen molar-refractivity contribution in [3.8, 4) is 0 Å². The summed E-state index contributed by atoms with van der Waals surface area (Å²) in [6, 6.07) is 19.1. The van der Waals surface area contributed by atoms with E-state index in [1.807, 2.05) is 17.8 Å². The van der Waals surface area contributed by atoms with Gasteiger partial charge in [0, 0.05) is 11.3 Å². The van der Waals surface area contributed by atoms with Crippen LogP contribution in [0.3, 0.4) is 0 Å². The maximum Gasteiger partial charge on any atom is 0.110 e. The minimum atomic E-state index is 0.173. The summed E-state index contributed by atoms with van der Waals surface area (Å²) in [5, 5.41) is 0. The lowest BCUT2D eigenvalue weighted by molar-refractivity contribution is -0.0902. The number of thioether (sulfide) groups is 1. The molecule has 2 aromatic rings. The smallest absolute Gasteiger partial charge is 0.110 e. The topological polar surface area (TPSA) is 18.5 Å². The summed E-state index contributed by atoms with van der Waals surface area (Å²) in [6.07, 6.45) is 3.54. The van der Waals surface area contributed by atoms with Crippen molar-refractivity contribution >= 4 is 11.8 Å². The van der Waals surface area contributed by atoms with Gasteiger partial charge < -0.3 is 9.47 Å². The number of benzene rings is 2. The van der Waals surface area contributed by atoms with Gasteiger partial charge in [-0.05, 0) is 37.5 Å². The zero-order valence-electron chi connectivity index (χ0n) is 14.5. The Morgan fingerprint density at radius 3 is 2.50 bits per heavy atom. The molecule has 3 unspecified atom stereocenters. The van der Waals surface area contributed by atoms with Gasteiger partial charge in [-0.2, -0.15) is 0 Å². The van der Waals surface area contributed by atoms with E-state index in [-0.39, 0.29) is 11.5 Å². The fourth-order valence-electron chi connectivity index (χ4n) is 2.96. The lowest BCUT2D eigenvalue weighted by Crippen LogP contribution is -2.35. The monoisotopic (exact) mass is 342 g/mol. The largest absolute Gasteiger partial charge is 0.373 e. The number of aryl methyl sites for hydroxylation is 1. The fraction of sp³-hybridized carbons (Fsp3) is 0.429. The van der Waals surface area contributed by atoms with Crippen LogP contribution in [0.5, 0.6) is 0 Å². The van der Waals surface area contributed by atoms with Gasteiger partial charge in [0.05, 0.1) is 18.8 Å². The van der Waals surface area contributed by atoms with Crippen LogP contribution in [0.2, 0.25) is 0 Å². The Labute approximate surface area is 149 Å². The molecule has 2 aromatic carbocycles. The van der Waals surface area contributed by atoms with Crippen molar-refractivity contribution in [2.75, 3.05) is 0 Å². The summed E-state index contributed by atoms with van der Waals surface area (Å²) in [7, 11) is 0. The lowest BCUT2D eigenvalue weighted by atomic mass is 10.0. The standard InChI is InChI=1S/C21H26O2S/c1-3-18-13-19(22-15-17-7-5-4-6-8-17)14-21(23-18)24-20-11-9-16(2)10-12-20/h4-12,18-19,21H,3,13-15H2,1-2H3. The summed E-state index contributed by atoms with van der Waals surface area (Å²) in [5.74, 6) is 0. The van der Waals surface area contributed by atoms with Gasteiger partial charge in [-0.3, -0.25) is 0 Å². The van der Waals surface area contributed by atoms with E-state index in [9.17, 15) is 0 Å². The van der Waals surface area contributed by atoms with E-state index in [1.54, 1.807) is 0 Å². The third-order valence-electron chi connectivity index (χ3n) is 4.40. The Kier molecular flexibility index (Phi) is 6.36. The highest BCUT2D eigenvalue weighted by atomic mass is 32.2. The molecule has 3 heteroatoms. The van der Waals surface area contributed by atoms with Crippen molar-refractivity contribution in [1.29, 1.82) is 0 Å². The van der Waals surface area contributed by atoms with E-state index in [2.05, 4.69) is 62.4 Å². The van der Waals surface area contributed by atoms with Gasteiger partial charge in [-0.25, -0.2) is 0 Å². The zero-order valence-corrected chi connectivity index (χ0v) is 15.3. The van der Waals surface area contributed by atoms with Crippen molar-refractivity contribution in [2.45, 2.75) is 62.3 Å². The molecule has 0 saturated carbocycles. The molecule has 0 aliphatic carbocycles. The SMILES string of the molecule is CCC1CC(OCc2ccccc2)CC(Sc2ccc(C)cc2)O1. The third-order valence-corrected chi connectivity index (χ3v) is 5.51. The molecule has 2 nitrogen and oxygen atoms in total. The Morgan fingerprint density at radius 1 is 1.04 bits per heavy atom. The predicted octanol–water partition coefficient (Wildman–Crippen LogP) is 5.59. The van der Waals surface area contributed by atoms with E-state index in [1.165, 1.54) is 16.0 Å². The van der Waals surface area contributed by atoms with Crippen molar-refractivity contribution in [3.05, 3.63) is 65.7 Å². The van der Waals surface area contributed by atoms with Crippen LogP contribution in [-0.4, -0.2) is 17.6 Å². The Balaban J connectivity index is 1.58. The summed E-state index contributed by atoms with van der Waals surface area (Å²) in [5.41, 5.74) is 2.70. The molecule has 0 N–H and O–H groups in total. The highest BCUT2D eigenvalue weighted by molar-refractivity contribution is 7.99. The van der Waals surface area contributed by atoms with Gasteiger partial charge in [0.2, 0.25) is 0 Å². The fourth-order valence-corrected chi connectivity index (χ4v) is 4.08. The lowest BCUT2D eigenvalue weighted by Gasteiger charge is -2.34. The number of hydrogen-bond acceptors (Lipinski definition) is 3. The van der Waals surface area contributed by atoms with Crippen LogP contribution in [-0.2, 0) is 16.1 Å². The Hall–Kier alpha value is -1.29. The van der Waals surface area contributed by atoms with Crippen molar-refractivity contribution in [1.82, 2.24) is 0 Å². The summed E-state index contributed by atoms with van der Waals surface area (Å²) < 4.78 is 12.4. The molecule has 1 aliphatic rings. The summed E-state index contributed by atoms with van der Waals surface area (Å²) >= 11 is 1.82. The van der Waals surface area contributed by atoms with E-state index in [4.69, 9.17) is 9.47 Å². The molecule has 1 saturated heterocycles. The van der Waals surface area contributed by atoms with Gasteiger partial charge in [-0.1, -0.05) is 66.7 Å². The second-order valence-electron chi connectivity index (χ2n) is 6.42. The van der Waals surface area contributed by atoms with Crippen LogP contribution in [0.15, 0.2) is 59.5 Å². The van der Waals surface area contributed by atoms with Crippen molar-refractivity contribution < 1.29 is 9.47 Å². The first-order chi connectivity index (χ1) is 11.7. The highest BCUT2D eigenvalue weighted by Gasteiger charge is 2.29. The Morgan fingerprint density at radius 2 is 1.79 bits per heavy atom. The van der Waals surface area contributed by atoms with E-state index < -0.39 is 0 Å². The first kappa shape index (κ1) is 17.5. The second-order valence-corrected chi connectivity index (χ2v) is 7.65. The van der Waals surface area contributed by atoms with Crippen LogP contribution in [0.25, 0.3) is 0 Å². The van der Waals surface area contributed by atoms with Crippen LogP contribution < -0.4 is 0 Å². The molecule has 3 rings (SSSR count). The molecule has 3 atom stereocenters. The van der Waals surface area contributed by atoms with Crippen LogP contribution in [0.1, 0.15) is 37.3 Å². The van der Waals surface area contributed by atoms with E-state index in [0.717, 1.165) is 19.3 Å². The minimum absolute atomic E-state index is 0.173. The van der Waals surface area contributed by atoms with Crippen LogP contribution in [0, 0.1) is 6.92 Å². The van der Waals surface area contributed by atoms with E-state index >= 15 is 0 Å². The molecule has 1 heterocycles. The van der Waals surface area contributed by atoms with Crippen molar-refractivity contribution in [3.63, 3.8) is 0 Å². The molecule has 0 amide bonds. The molecular weight excluding hydrogens is 316 g/mol. The van der Waals surface area contributed by atoms with Crippen molar-refractivity contribution in [2.24, 2.45) is 0 Å². The zero-order chi connectivity index (χ0) is 16.8. The number of rotatable bonds is 6. The first-order valence-electron chi connectivity index (χ1n) is 8.77. The molecular formula is C21H26O2S. The number of hydrogen-bond donors (Lipinski definition) is 0. The molecule has 1 aliphatic heterocycles. The molecule has 24 heavy (non-hydrogen) atoms. The first-order valence-corrected chi connectivity index (χ1v) is 9.65. The van der Waals surface area contributed by atoms with Gasteiger partial charge in [0.15, 0.2) is 0 Å². The molecule has 0 bridgehead atoms. The molecule has 0 radical (unpaired) electrons. The van der Waals surface area contributed by atoms with Crippen LogP contribution in [0.4, 0.5) is 0 Å². The van der Waals surface area contributed by atoms with Gasteiger partial charge in [0.25, 0.3) is 0 Å². The summed E-state index contributed by atoms with van der Waals surface area (Å²) in [4.78, 5) is 1.27. The maximum atomic E-state index is 6.24. The maximum absolute atomic E-state index is 6.24. The molecule has 0 spiro atoms. The minimum Gasteiger partial charge on any atom is -0.373 e. The quantitative estimate of drug-likeness (QED) is 0.682. The van der Waals surface area contributed by atoms with Gasteiger partial charge in [0.1, 0.15) is 5.44 Å². The second kappa shape index (κ2) is 8.70. The Bertz CT molecular complexity index is 611. The van der Waals surface area contributed by atoms with Gasteiger partial charge in [-0.15, -0.1) is 0 Å². The predicted molar refractivity (Wildman–Crippen MR) is 100 cm³/mol. The third kappa shape index (κ3) is 5.10. The number of ether oxygens (including phenoxy) is 2.